The van der Waals surface area contributed by atoms with Gasteiger partial charge in [-0.15, -0.1) is 0 Å². The van der Waals surface area contributed by atoms with Gasteiger partial charge < -0.3 is 4.74 Å². The maximum absolute atomic E-state index is 11.9. The second kappa shape index (κ2) is 9.46. The van der Waals surface area contributed by atoms with E-state index in [0.717, 1.165) is 19.4 Å². The minimum atomic E-state index is -0.0770. The molecule has 0 bridgehead atoms. The van der Waals surface area contributed by atoms with Gasteiger partial charge in [-0.05, 0) is 40.2 Å². The van der Waals surface area contributed by atoms with Crippen molar-refractivity contribution in [3.63, 3.8) is 0 Å². The monoisotopic (exact) mass is 243 g/mol. The highest BCUT2D eigenvalue weighted by atomic mass is 16.5. The van der Waals surface area contributed by atoms with E-state index in [0.29, 0.717) is 12.6 Å². The smallest absolute Gasteiger partial charge is 0.323 e. The first-order valence-corrected chi connectivity index (χ1v) is 7.00. The van der Waals surface area contributed by atoms with Crippen molar-refractivity contribution < 1.29 is 9.53 Å². The summed E-state index contributed by atoms with van der Waals surface area (Å²) < 4.78 is 5.15. The lowest BCUT2D eigenvalue weighted by Crippen LogP contribution is -2.46. The van der Waals surface area contributed by atoms with E-state index in [2.05, 4.69) is 32.6 Å². The number of hydrogen-bond donors (Lipinski definition) is 0. The summed E-state index contributed by atoms with van der Waals surface area (Å²) in [6, 6.07) is 0.313. The molecule has 0 aromatic rings. The van der Waals surface area contributed by atoms with Crippen LogP contribution in [0, 0.1) is 0 Å². The predicted molar refractivity (Wildman–Crippen MR) is 72.1 cm³/mol. The van der Waals surface area contributed by atoms with E-state index in [1.54, 1.807) is 0 Å². The topological polar surface area (TPSA) is 29.5 Å². The van der Waals surface area contributed by atoms with E-state index in [1.165, 1.54) is 12.8 Å². The van der Waals surface area contributed by atoms with Gasteiger partial charge in [0.25, 0.3) is 0 Å². The van der Waals surface area contributed by atoms with E-state index in [1.807, 2.05) is 6.92 Å². The third-order valence-electron chi connectivity index (χ3n) is 3.03. The molecule has 0 heterocycles. The lowest BCUT2D eigenvalue weighted by Gasteiger charge is -2.32. The molecule has 17 heavy (non-hydrogen) atoms. The molecule has 3 nitrogen and oxygen atoms in total. The fourth-order valence-electron chi connectivity index (χ4n) is 2.09. The molecule has 0 aliphatic carbocycles. The molecule has 0 aromatic heterocycles. The molecule has 0 rings (SSSR count). The van der Waals surface area contributed by atoms with Crippen LogP contribution in [-0.2, 0) is 9.53 Å². The molecule has 0 saturated carbocycles. The van der Waals surface area contributed by atoms with Crippen molar-refractivity contribution in [2.75, 3.05) is 13.2 Å². The van der Waals surface area contributed by atoms with E-state index < -0.39 is 0 Å². The molecule has 0 fully saturated rings. The number of rotatable bonds is 9. The molecule has 0 spiro atoms. The first-order chi connectivity index (χ1) is 8.08. The Morgan fingerprint density at radius 1 is 1.18 bits per heavy atom. The zero-order valence-corrected chi connectivity index (χ0v) is 12.2. The first-order valence-electron chi connectivity index (χ1n) is 7.00. The molecule has 102 valence electrons. The minimum Gasteiger partial charge on any atom is -0.465 e. The van der Waals surface area contributed by atoms with Gasteiger partial charge in [0.2, 0.25) is 0 Å². The number of ether oxygens (including phenoxy) is 1. The standard InChI is InChI=1S/C14H29NO2/c1-6-9-10-11-15(12(4)5)13(7-2)14(16)17-8-3/h12-13H,6-11H2,1-5H3. The van der Waals surface area contributed by atoms with Crippen molar-refractivity contribution in [3.8, 4) is 0 Å². The Labute approximate surface area is 107 Å². The number of unbranched alkanes of at least 4 members (excludes halogenated alkanes) is 2. The third-order valence-corrected chi connectivity index (χ3v) is 3.03. The molecule has 1 unspecified atom stereocenters. The highest BCUT2D eigenvalue weighted by Crippen LogP contribution is 2.13. The molecular weight excluding hydrogens is 214 g/mol. The van der Waals surface area contributed by atoms with Crippen molar-refractivity contribution in [2.24, 2.45) is 0 Å². The van der Waals surface area contributed by atoms with E-state index in [4.69, 9.17) is 4.74 Å². The average Bonchev–Trinajstić information content (AvgIpc) is 2.28. The molecule has 0 aliphatic rings. The Morgan fingerprint density at radius 2 is 1.82 bits per heavy atom. The number of carbonyl (C=O) groups excluding carboxylic acids is 1. The van der Waals surface area contributed by atoms with Crippen LogP contribution in [0.25, 0.3) is 0 Å². The van der Waals surface area contributed by atoms with E-state index in [9.17, 15) is 4.79 Å². The van der Waals surface area contributed by atoms with Crippen LogP contribution in [0.2, 0.25) is 0 Å². The highest BCUT2D eigenvalue weighted by molar-refractivity contribution is 5.75. The van der Waals surface area contributed by atoms with Crippen LogP contribution < -0.4 is 0 Å². The summed E-state index contributed by atoms with van der Waals surface area (Å²) in [5.41, 5.74) is 0. The zero-order chi connectivity index (χ0) is 13.3. The minimum absolute atomic E-state index is 0.0693. The van der Waals surface area contributed by atoms with Gasteiger partial charge >= 0.3 is 5.97 Å². The number of esters is 1. The van der Waals surface area contributed by atoms with Crippen LogP contribution >= 0.6 is 0 Å². The molecule has 1 atom stereocenters. The average molecular weight is 243 g/mol. The van der Waals surface area contributed by atoms with Crippen LogP contribution in [-0.4, -0.2) is 36.1 Å². The van der Waals surface area contributed by atoms with Gasteiger partial charge in [-0.1, -0.05) is 26.7 Å². The Bertz CT molecular complexity index is 204. The quantitative estimate of drug-likeness (QED) is 0.460. The predicted octanol–water partition coefficient (Wildman–Crippen LogP) is 3.23. The van der Waals surface area contributed by atoms with Crippen molar-refractivity contribution in [1.82, 2.24) is 4.90 Å². The fourth-order valence-corrected chi connectivity index (χ4v) is 2.09. The second-order valence-corrected chi connectivity index (χ2v) is 4.71. The van der Waals surface area contributed by atoms with Crippen molar-refractivity contribution in [2.45, 2.75) is 72.4 Å². The summed E-state index contributed by atoms with van der Waals surface area (Å²) in [4.78, 5) is 14.2. The lowest BCUT2D eigenvalue weighted by atomic mass is 10.1. The summed E-state index contributed by atoms with van der Waals surface area (Å²) in [5, 5.41) is 0. The maximum atomic E-state index is 11.9. The molecular formula is C14H29NO2. The third kappa shape index (κ3) is 6.06. The van der Waals surface area contributed by atoms with Crippen LogP contribution in [0.3, 0.4) is 0 Å². The van der Waals surface area contributed by atoms with Gasteiger partial charge in [0.15, 0.2) is 0 Å². The highest BCUT2D eigenvalue weighted by Gasteiger charge is 2.26. The van der Waals surface area contributed by atoms with Gasteiger partial charge in [-0.25, -0.2) is 0 Å². The zero-order valence-electron chi connectivity index (χ0n) is 12.2. The van der Waals surface area contributed by atoms with Crippen LogP contribution in [0.1, 0.15) is 60.3 Å². The van der Waals surface area contributed by atoms with Crippen molar-refractivity contribution in [1.29, 1.82) is 0 Å². The maximum Gasteiger partial charge on any atom is 0.323 e. The summed E-state index contributed by atoms with van der Waals surface area (Å²) in [6.07, 6.45) is 4.42. The van der Waals surface area contributed by atoms with Crippen LogP contribution in [0.4, 0.5) is 0 Å². The molecule has 0 amide bonds. The Hall–Kier alpha value is -0.570. The van der Waals surface area contributed by atoms with Crippen molar-refractivity contribution >= 4 is 5.97 Å². The Morgan fingerprint density at radius 3 is 2.24 bits per heavy atom. The largest absolute Gasteiger partial charge is 0.465 e. The van der Waals surface area contributed by atoms with E-state index >= 15 is 0 Å². The number of nitrogens with zero attached hydrogens (tertiary/aromatic N) is 1. The van der Waals surface area contributed by atoms with Gasteiger partial charge in [-0.2, -0.15) is 0 Å². The fraction of sp³-hybridized carbons (Fsp3) is 0.929. The van der Waals surface area contributed by atoms with Gasteiger partial charge in [-0.3, -0.25) is 9.69 Å². The summed E-state index contributed by atoms with van der Waals surface area (Å²) in [5.74, 6) is -0.0693. The van der Waals surface area contributed by atoms with Gasteiger partial charge in [0, 0.05) is 6.04 Å². The molecule has 0 aromatic carbocycles. The summed E-state index contributed by atoms with van der Waals surface area (Å²) in [7, 11) is 0. The number of carbonyl (C=O) groups is 1. The molecule has 0 radical (unpaired) electrons. The van der Waals surface area contributed by atoms with Crippen LogP contribution in [0.5, 0.6) is 0 Å². The van der Waals surface area contributed by atoms with E-state index in [-0.39, 0.29) is 12.0 Å². The lowest BCUT2D eigenvalue weighted by molar-refractivity contribution is -0.150. The van der Waals surface area contributed by atoms with Crippen LogP contribution in [0.15, 0.2) is 0 Å². The van der Waals surface area contributed by atoms with Gasteiger partial charge in [0.05, 0.1) is 6.61 Å². The molecule has 0 saturated heterocycles. The normalized spacial score (nSPS) is 13.1. The molecule has 0 N–H and O–H groups in total. The SMILES string of the molecule is CCCCCN(C(C)C)C(CC)C(=O)OCC. The van der Waals surface area contributed by atoms with Crippen molar-refractivity contribution in [3.05, 3.63) is 0 Å². The Kier molecular flexibility index (Phi) is 9.14. The van der Waals surface area contributed by atoms with Gasteiger partial charge in [0.1, 0.15) is 6.04 Å². The second-order valence-electron chi connectivity index (χ2n) is 4.71. The molecule has 0 aliphatic heterocycles. The summed E-state index contributed by atoms with van der Waals surface area (Å²) >= 11 is 0. The Balaban J connectivity index is 4.45. The number of hydrogen-bond acceptors (Lipinski definition) is 3. The first kappa shape index (κ1) is 16.4. The summed E-state index contributed by atoms with van der Waals surface area (Å²) in [6.45, 7) is 11.9. The molecule has 3 heteroatoms.